The first-order valence-electron chi connectivity index (χ1n) is 6.32. The number of morpholine rings is 1. The van der Waals surface area contributed by atoms with Gasteiger partial charge >= 0.3 is 6.03 Å². The standard InChI is InChI=1S/C13H16F2N2O3/c14-9-2-1-3-10(15)12(9)11(18)8-16-13(19)17-4-6-20-7-5-17/h1-3,11,18H,4-8H2,(H,16,19). The third-order valence-corrected chi connectivity index (χ3v) is 3.08. The molecule has 1 aliphatic rings. The predicted octanol–water partition coefficient (Wildman–Crippen LogP) is 1.04. The lowest BCUT2D eigenvalue weighted by atomic mass is 10.1. The number of amides is 2. The molecule has 110 valence electrons. The van der Waals surface area contributed by atoms with E-state index in [9.17, 15) is 18.7 Å². The Morgan fingerprint density at radius 3 is 2.55 bits per heavy atom. The summed E-state index contributed by atoms with van der Waals surface area (Å²) in [7, 11) is 0. The Hall–Kier alpha value is -1.73. The summed E-state index contributed by atoms with van der Waals surface area (Å²) in [6.07, 6.45) is -1.43. The fourth-order valence-electron chi connectivity index (χ4n) is 1.99. The van der Waals surface area contributed by atoms with Crippen molar-refractivity contribution in [1.82, 2.24) is 10.2 Å². The molecule has 1 saturated heterocycles. The van der Waals surface area contributed by atoms with Crippen molar-refractivity contribution in [3.05, 3.63) is 35.4 Å². The van der Waals surface area contributed by atoms with Crippen molar-refractivity contribution in [2.45, 2.75) is 6.10 Å². The van der Waals surface area contributed by atoms with Crippen LogP contribution in [-0.4, -0.2) is 48.9 Å². The molecule has 0 aromatic heterocycles. The maximum absolute atomic E-state index is 13.4. The van der Waals surface area contributed by atoms with E-state index in [0.29, 0.717) is 26.3 Å². The molecule has 1 fully saturated rings. The van der Waals surface area contributed by atoms with Gasteiger partial charge in [0.15, 0.2) is 0 Å². The van der Waals surface area contributed by atoms with E-state index in [0.717, 1.165) is 12.1 Å². The van der Waals surface area contributed by atoms with E-state index in [-0.39, 0.29) is 12.6 Å². The van der Waals surface area contributed by atoms with E-state index >= 15 is 0 Å². The van der Waals surface area contributed by atoms with Crippen LogP contribution in [0.5, 0.6) is 0 Å². The SMILES string of the molecule is O=C(NCC(O)c1c(F)cccc1F)N1CCOCC1. The number of hydrogen-bond donors (Lipinski definition) is 2. The number of hydrogen-bond acceptors (Lipinski definition) is 3. The van der Waals surface area contributed by atoms with Gasteiger partial charge in [-0.1, -0.05) is 6.07 Å². The first kappa shape index (κ1) is 14.7. The summed E-state index contributed by atoms with van der Waals surface area (Å²) < 4.78 is 32.0. The van der Waals surface area contributed by atoms with E-state index in [1.165, 1.54) is 11.0 Å². The first-order chi connectivity index (χ1) is 9.59. The van der Waals surface area contributed by atoms with Crippen LogP contribution < -0.4 is 5.32 Å². The molecule has 7 heteroatoms. The van der Waals surface area contributed by atoms with Gasteiger partial charge in [-0.05, 0) is 12.1 Å². The second-order valence-electron chi connectivity index (χ2n) is 4.44. The molecule has 1 aliphatic heterocycles. The molecule has 1 unspecified atom stereocenters. The highest BCUT2D eigenvalue weighted by Gasteiger charge is 2.21. The van der Waals surface area contributed by atoms with Crippen molar-refractivity contribution in [1.29, 1.82) is 0 Å². The predicted molar refractivity (Wildman–Crippen MR) is 67.1 cm³/mol. The van der Waals surface area contributed by atoms with E-state index < -0.39 is 23.3 Å². The molecule has 0 radical (unpaired) electrons. The first-order valence-corrected chi connectivity index (χ1v) is 6.32. The molecular weight excluding hydrogens is 270 g/mol. The molecule has 0 aliphatic carbocycles. The monoisotopic (exact) mass is 286 g/mol. The van der Waals surface area contributed by atoms with Gasteiger partial charge in [0.2, 0.25) is 0 Å². The normalized spacial score (nSPS) is 16.9. The molecule has 1 aromatic rings. The molecule has 0 bridgehead atoms. The molecule has 0 spiro atoms. The van der Waals surface area contributed by atoms with Crippen molar-refractivity contribution >= 4 is 6.03 Å². The van der Waals surface area contributed by atoms with E-state index in [1.807, 2.05) is 0 Å². The van der Waals surface area contributed by atoms with Gasteiger partial charge < -0.3 is 20.1 Å². The zero-order valence-corrected chi connectivity index (χ0v) is 10.8. The average molecular weight is 286 g/mol. The number of ether oxygens (including phenoxy) is 1. The van der Waals surface area contributed by atoms with Crippen molar-refractivity contribution in [2.75, 3.05) is 32.8 Å². The van der Waals surface area contributed by atoms with Gasteiger partial charge in [0.05, 0.1) is 18.8 Å². The third kappa shape index (κ3) is 3.43. The van der Waals surface area contributed by atoms with Crippen LogP contribution in [0.25, 0.3) is 0 Å². The second kappa shape index (κ2) is 6.62. The van der Waals surface area contributed by atoms with Gasteiger partial charge in [0.1, 0.15) is 17.7 Å². The van der Waals surface area contributed by atoms with Crippen LogP contribution in [0.15, 0.2) is 18.2 Å². The van der Waals surface area contributed by atoms with Crippen molar-refractivity contribution in [2.24, 2.45) is 0 Å². The number of rotatable bonds is 3. The Labute approximate surface area is 115 Å². The number of urea groups is 1. The minimum absolute atomic E-state index is 0.256. The summed E-state index contributed by atoms with van der Waals surface area (Å²) in [6.45, 7) is 1.57. The lowest BCUT2D eigenvalue weighted by Gasteiger charge is -2.27. The molecule has 2 N–H and O–H groups in total. The van der Waals surface area contributed by atoms with E-state index in [4.69, 9.17) is 4.74 Å². The van der Waals surface area contributed by atoms with Gasteiger partial charge in [0, 0.05) is 19.6 Å². The Balaban J connectivity index is 1.91. The summed E-state index contributed by atoms with van der Waals surface area (Å²) in [5, 5.41) is 12.2. The van der Waals surface area contributed by atoms with Crippen molar-refractivity contribution in [3.63, 3.8) is 0 Å². The zero-order valence-electron chi connectivity index (χ0n) is 10.8. The number of nitrogens with one attached hydrogen (secondary N) is 1. The quantitative estimate of drug-likeness (QED) is 0.873. The summed E-state index contributed by atoms with van der Waals surface area (Å²) in [4.78, 5) is 13.3. The Bertz CT molecular complexity index is 458. The number of carbonyl (C=O) groups is 1. The molecule has 2 amide bonds. The molecule has 1 heterocycles. The number of nitrogens with zero attached hydrogens (tertiary/aromatic N) is 1. The lowest BCUT2D eigenvalue weighted by molar-refractivity contribution is 0.0520. The fourth-order valence-corrected chi connectivity index (χ4v) is 1.99. The maximum atomic E-state index is 13.4. The van der Waals surface area contributed by atoms with E-state index in [2.05, 4.69) is 5.32 Å². The van der Waals surface area contributed by atoms with E-state index in [1.54, 1.807) is 0 Å². The number of aliphatic hydroxyl groups is 1. The second-order valence-corrected chi connectivity index (χ2v) is 4.44. The Kier molecular flexibility index (Phi) is 4.86. The molecule has 20 heavy (non-hydrogen) atoms. The Morgan fingerprint density at radius 2 is 1.95 bits per heavy atom. The van der Waals surface area contributed by atoms with Crippen LogP contribution >= 0.6 is 0 Å². The van der Waals surface area contributed by atoms with Crippen LogP contribution in [0.3, 0.4) is 0 Å². The van der Waals surface area contributed by atoms with Crippen molar-refractivity contribution in [3.8, 4) is 0 Å². The smallest absolute Gasteiger partial charge is 0.317 e. The number of aliphatic hydroxyl groups excluding tert-OH is 1. The van der Waals surface area contributed by atoms with Crippen LogP contribution in [-0.2, 0) is 4.74 Å². The molecule has 5 nitrogen and oxygen atoms in total. The summed E-state index contributed by atoms with van der Waals surface area (Å²) in [6, 6.07) is 2.95. The van der Waals surface area contributed by atoms with Gasteiger partial charge in [-0.25, -0.2) is 13.6 Å². The van der Waals surface area contributed by atoms with Crippen LogP contribution in [0.1, 0.15) is 11.7 Å². The van der Waals surface area contributed by atoms with Crippen LogP contribution in [0, 0.1) is 11.6 Å². The maximum Gasteiger partial charge on any atom is 0.317 e. The van der Waals surface area contributed by atoms with Gasteiger partial charge in [-0.2, -0.15) is 0 Å². The number of halogens is 2. The molecule has 2 rings (SSSR count). The van der Waals surface area contributed by atoms with Gasteiger partial charge in [-0.3, -0.25) is 0 Å². The number of carbonyl (C=O) groups excluding carboxylic acids is 1. The van der Waals surface area contributed by atoms with Crippen LogP contribution in [0.2, 0.25) is 0 Å². The molecular formula is C13H16F2N2O3. The highest BCUT2D eigenvalue weighted by molar-refractivity contribution is 5.74. The summed E-state index contributed by atoms with van der Waals surface area (Å²) in [5.74, 6) is -1.67. The third-order valence-electron chi connectivity index (χ3n) is 3.08. The number of benzene rings is 1. The largest absolute Gasteiger partial charge is 0.386 e. The highest BCUT2D eigenvalue weighted by atomic mass is 19.1. The topological polar surface area (TPSA) is 61.8 Å². The fraction of sp³-hybridized carbons (Fsp3) is 0.462. The van der Waals surface area contributed by atoms with Crippen LogP contribution in [0.4, 0.5) is 13.6 Å². The minimum Gasteiger partial charge on any atom is -0.386 e. The molecule has 1 atom stereocenters. The average Bonchev–Trinajstić information content (AvgIpc) is 2.45. The van der Waals surface area contributed by atoms with Crippen molar-refractivity contribution < 1.29 is 23.4 Å². The van der Waals surface area contributed by atoms with Gasteiger partial charge in [0.25, 0.3) is 0 Å². The van der Waals surface area contributed by atoms with Gasteiger partial charge in [-0.15, -0.1) is 0 Å². The minimum atomic E-state index is -1.43. The summed E-state index contributed by atoms with van der Waals surface area (Å²) >= 11 is 0. The molecule has 0 saturated carbocycles. The summed E-state index contributed by atoms with van der Waals surface area (Å²) in [5.41, 5.74) is -0.435. The highest BCUT2D eigenvalue weighted by Crippen LogP contribution is 2.19. The molecule has 1 aromatic carbocycles. The lowest BCUT2D eigenvalue weighted by Crippen LogP contribution is -2.47. The Morgan fingerprint density at radius 1 is 1.35 bits per heavy atom. The zero-order chi connectivity index (χ0) is 14.5.